The average molecular weight is 160 g/mol. The van der Waals surface area contributed by atoms with Crippen molar-refractivity contribution in [2.45, 2.75) is 32.8 Å². The second-order valence-electron chi connectivity index (χ2n) is 2.35. The molecule has 1 heterocycles. The van der Waals surface area contributed by atoms with Crippen LogP contribution in [0.4, 0.5) is 0 Å². The molecule has 64 valence electrons. The van der Waals surface area contributed by atoms with Gasteiger partial charge in [0.15, 0.2) is 6.29 Å². The fourth-order valence-corrected chi connectivity index (χ4v) is 0.895. The van der Waals surface area contributed by atoms with Crippen LogP contribution in [0.5, 0.6) is 0 Å². The van der Waals surface area contributed by atoms with Gasteiger partial charge >= 0.3 is 5.97 Å². The van der Waals surface area contributed by atoms with Gasteiger partial charge in [0.25, 0.3) is 0 Å². The van der Waals surface area contributed by atoms with E-state index in [1.807, 2.05) is 6.92 Å². The van der Waals surface area contributed by atoms with Crippen LogP contribution in [0.1, 0.15) is 20.3 Å². The highest BCUT2D eigenvalue weighted by molar-refractivity contribution is 5.66. The highest BCUT2D eigenvalue weighted by Gasteiger charge is 2.26. The molecular formula is C7H12O4. The SMILES string of the molecule is CC[C@H]1OCC(OC(C)=O)O1. The van der Waals surface area contributed by atoms with E-state index in [1.165, 1.54) is 6.92 Å². The Bertz CT molecular complexity index is 145. The summed E-state index contributed by atoms with van der Waals surface area (Å²) in [5.74, 6) is -0.338. The van der Waals surface area contributed by atoms with Crippen molar-refractivity contribution >= 4 is 5.97 Å². The molecule has 11 heavy (non-hydrogen) atoms. The molecule has 4 nitrogen and oxygen atoms in total. The summed E-state index contributed by atoms with van der Waals surface area (Å²) in [4.78, 5) is 10.4. The number of carbonyl (C=O) groups is 1. The smallest absolute Gasteiger partial charge is 0.305 e. The van der Waals surface area contributed by atoms with Gasteiger partial charge in [-0.3, -0.25) is 4.79 Å². The first-order chi connectivity index (χ1) is 5.22. The maximum atomic E-state index is 10.4. The molecule has 4 heteroatoms. The van der Waals surface area contributed by atoms with Gasteiger partial charge in [0, 0.05) is 6.92 Å². The van der Waals surface area contributed by atoms with Gasteiger partial charge in [-0.05, 0) is 6.42 Å². The second kappa shape index (κ2) is 3.69. The average Bonchev–Trinajstić information content (AvgIpc) is 2.34. The van der Waals surface area contributed by atoms with Crippen molar-refractivity contribution in [1.82, 2.24) is 0 Å². The van der Waals surface area contributed by atoms with Crippen molar-refractivity contribution in [3.8, 4) is 0 Å². The summed E-state index contributed by atoms with van der Waals surface area (Å²) in [6.07, 6.45) is 0.0643. The first kappa shape index (κ1) is 8.49. The lowest BCUT2D eigenvalue weighted by Crippen LogP contribution is -2.18. The zero-order valence-electron chi connectivity index (χ0n) is 6.70. The van der Waals surface area contributed by atoms with E-state index in [2.05, 4.69) is 0 Å². The number of carbonyl (C=O) groups excluding carboxylic acids is 1. The molecule has 0 aliphatic carbocycles. The summed E-state index contributed by atoms with van der Waals surface area (Å²) in [7, 11) is 0. The number of esters is 1. The Hall–Kier alpha value is -0.610. The van der Waals surface area contributed by atoms with Gasteiger partial charge in [0.1, 0.15) is 6.61 Å². The molecule has 1 aliphatic rings. The quantitative estimate of drug-likeness (QED) is 0.556. The zero-order chi connectivity index (χ0) is 8.27. The molecule has 1 rings (SSSR count). The number of hydrogen-bond acceptors (Lipinski definition) is 4. The van der Waals surface area contributed by atoms with Gasteiger partial charge < -0.3 is 14.2 Å². The lowest BCUT2D eigenvalue weighted by Gasteiger charge is -2.08. The monoisotopic (exact) mass is 160 g/mol. The van der Waals surface area contributed by atoms with Crippen LogP contribution in [0, 0.1) is 0 Å². The van der Waals surface area contributed by atoms with Crippen LogP contribution in [0.25, 0.3) is 0 Å². The predicted octanol–water partition coefficient (Wildman–Crippen LogP) is 0.659. The van der Waals surface area contributed by atoms with E-state index >= 15 is 0 Å². The first-order valence-corrected chi connectivity index (χ1v) is 3.66. The maximum Gasteiger partial charge on any atom is 0.305 e. The largest absolute Gasteiger partial charge is 0.433 e. The minimum absolute atomic E-state index is 0.209. The lowest BCUT2D eigenvalue weighted by molar-refractivity contribution is -0.173. The standard InChI is InChI=1S/C7H12O4/c1-3-6-9-4-7(11-6)10-5(2)8/h6-7H,3-4H2,1-2H3/t6-,7?/m0/s1. The number of hydrogen-bond donors (Lipinski definition) is 0. The summed E-state index contributed by atoms with van der Waals surface area (Å²) in [5, 5.41) is 0. The van der Waals surface area contributed by atoms with E-state index in [0.717, 1.165) is 6.42 Å². The van der Waals surface area contributed by atoms with Crippen molar-refractivity contribution in [2.24, 2.45) is 0 Å². The summed E-state index contributed by atoms with van der Waals surface area (Å²) in [6, 6.07) is 0. The Balaban J connectivity index is 2.24. The van der Waals surface area contributed by atoms with Crippen LogP contribution in [0.2, 0.25) is 0 Å². The third-order valence-corrected chi connectivity index (χ3v) is 1.35. The predicted molar refractivity (Wildman–Crippen MR) is 36.7 cm³/mol. The van der Waals surface area contributed by atoms with Gasteiger partial charge in [-0.2, -0.15) is 0 Å². The van der Waals surface area contributed by atoms with Gasteiger partial charge in [0.05, 0.1) is 0 Å². The third-order valence-electron chi connectivity index (χ3n) is 1.35. The van der Waals surface area contributed by atoms with Crippen LogP contribution in [0.3, 0.4) is 0 Å². The highest BCUT2D eigenvalue weighted by Crippen LogP contribution is 2.14. The third kappa shape index (κ3) is 2.48. The Morgan fingerprint density at radius 1 is 1.73 bits per heavy atom. The van der Waals surface area contributed by atoms with Crippen molar-refractivity contribution in [1.29, 1.82) is 0 Å². The lowest BCUT2D eigenvalue weighted by atomic mass is 10.5. The van der Waals surface area contributed by atoms with Crippen LogP contribution in [-0.4, -0.2) is 25.2 Å². The molecule has 1 saturated heterocycles. The van der Waals surface area contributed by atoms with Crippen LogP contribution in [-0.2, 0) is 19.0 Å². The fourth-order valence-electron chi connectivity index (χ4n) is 0.895. The van der Waals surface area contributed by atoms with E-state index < -0.39 is 6.29 Å². The minimum atomic E-state index is -0.502. The molecule has 2 atom stereocenters. The second-order valence-corrected chi connectivity index (χ2v) is 2.35. The van der Waals surface area contributed by atoms with Crippen molar-refractivity contribution in [2.75, 3.05) is 6.61 Å². The Kier molecular flexibility index (Phi) is 2.84. The molecule has 1 unspecified atom stereocenters. The van der Waals surface area contributed by atoms with Crippen molar-refractivity contribution in [3.63, 3.8) is 0 Å². The molecule has 0 N–H and O–H groups in total. The summed E-state index contributed by atoms with van der Waals surface area (Å²) in [5.41, 5.74) is 0. The van der Waals surface area contributed by atoms with E-state index in [-0.39, 0.29) is 12.3 Å². The van der Waals surface area contributed by atoms with E-state index in [0.29, 0.717) is 6.61 Å². The molecule has 1 fully saturated rings. The molecule has 0 spiro atoms. The van der Waals surface area contributed by atoms with Crippen LogP contribution < -0.4 is 0 Å². The molecule has 0 aromatic heterocycles. The van der Waals surface area contributed by atoms with Gasteiger partial charge in [-0.25, -0.2) is 0 Å². The molecular weight excluding hydrogens is 148 g/mol. The molecule has 0 saturated carbocycles. The van der Waals surface area contributed by atoms with Gasteiger partial charge in [0.2, 0.25) is 6.29 Å². The van der Waals surface area contributed by atoms with E-state index in [4.69, 9.17) is 14.2 Å². The Morgan fingerprint density at radius 2 is 2.45 bits per heavy atom. The summed E-state index contributed by atoms with van der Waals surface area (Å²) >= 11 is 0. The van der Waals surface area contributed by atoms with Crippen LogP contribution in [0.15, 0.2) is 0 Å². The summed E-state index contributed by atoms with van der Waals surface area (Å²) in [6.45, 7) is 3.64. The zero-order valence-corrected chi connectivity index (χ0v) is 6.70. The molecule has 0 bridgehead atoms. The Labute approximate surface area is 65.4 Å². The van der Waals surface area contributed by atoms with Gasteiger partial charge in [-0.15, -0.1) is 0 Å². The normalized spacial score (nSPS) is 30.4. The molecule has 0 aromatic rings. The van der Waals surface area contributed by atoms with Gasteiger partial charge in [-0.1, -0.05) is 6.92 Å². The van der Waals surface area contributed by atoms with Crippen molar-refractivity contribution in [3.05, 3.63) is 0 Å². The molecule has 1 aliphatic heterocycles. The summed E-state index contributed by atoms with van der Waals surface area (Å²) < 4.78 is 15.0. The highest BCUT2D eigenvalue weighted by atomic mass is 16.8. The van der Waals surface area contributed by atoms with E-state index in [1.54, 1.807) is 0 Å². The van der Waals surface area contributed by atoms with E-state index in [9.17, 15) is 4.79 Å². The first-order valence-electron chi connectivity index (χ1n) is 3.66. The van der Waals surface area contributed by atoms with Crippen molar-refractivity contribution < 1.29 is 19.0 Å². The molecule has 0 radical (unpaired) electrons. The fraction of sp³-hybridized carbons (Fsp3) is 0.857. The number of rotatable bonds is 2. The Morgan fingerprint density at radius 3 is 2.91 bits per heavy atom. The van der Waals surface area contributed by atoms with Crippen LogP contribution >= 0.6 is 0 Å². The molecule has 0 aromatic carbocycles. The minimum Gasteiger partial charge on any atom is -0.433 e. The number of ether oxygens (including phenoxy) is 3. The maximum absolute atomic E-state index is 10.4. The molecule has 0 amide bonds. The topological polar surface area (TPSA) is 44.8 Å².